The molecule has 0 fully saturated rings. The molecule has 0 bridgehead atoms. The van der Waals surface area contributed by atoms with Gasteiger partial charge in [0.15, 0.2) is 5.69 Å². The Morgan fingerprint density at radius 2 is 2.16 bits per heavy atom. The molecule has 0 radical (unpaired) electrons. The van der Waals surface area contributed by atoms with Gasteiger partial charge in [-0.25, -0.2) is 9.78 Å². The molecule has 19 heavy (non-hydrogen) atoms. The van der Waals surface area contributed by atoms with Gasteiger partial charge in [-0.15, -0.1) is 11.3 Å². The number of esters is 2. The van der Waals surface area contributed by atoms with E-state index in [9.17, 15) is 19.8 Å². The zero-order valence-electron chi connectivity index (χ0n) is 10.5. The van der Waals surface area contributed by atoms with Gasteiger partial charge >= 0.3 is 11.9 Å². The van der Waals surface area contributed by atoms with Crippen LogP contribution in [0.5, 0.6) is 0 Å². The zero-order valence-corrected chi connectivity index (χ0v) is 11.3. The molecule has 0 aliphatic heterocycles. The fourth-order valence-electron chi connectivity index (χ4n) is 1.25. The molecule has 0 aliphatic rings. The molecule has 0 spiro atoms. The molecule has 7 nitrogen and oxygen atoms in total. The molecule has 1 aromatic rings. The Balaban J connectivity index is 2.69. The third-order valence-electron chi connectivity index (χ3n) is 2.23. The fraction of sp³-hybridized carbons (Fsp3) is 0.545. The minimum absolute atomic E-state index is 0.0613. The van der Waals surface area contributed by atoms with Crippen LogP contribution in [0.2, 0.25) is 0 Å². The van der Waals surface area contributed by atoms with Crippen molar-refractivity contribution in [3.05, 3.63) is 16.1 Å². The van der Waals surface area contributed by atoms with Crippen LogP contribution in [-0.2, 0) is 14.3 Å². The molecule has 0 saturated carbocycles. The van der Waals surface area contributed by atoms with E-state index in [1.807, 2.05) is 0 Å². The molecule has 1 aromatic heterocycles. The Labute approximate surface area is 113 Å². The summed E-state index contributed by atoms with van der Waals surface area (Å²) in [4.78, 5) is 26.2. The predicted octanol–water partition coefficient (Wildman–Crippen LogP) is 0.277. The van der Waals surface area contributed by atoms with Gasteiger partial charge in [0.25, 0.3) is 0 Å². The van der Waals surface area contributed by atoms with E-state index in [0.29, 0.717) is 0 Å². The van der Waals surface area contributed by atoms with E-state index in [-0.39, 0.29) is 23.7 Å². The maximum absolute atomic E-state index is 11.4. The van der Waals surface area contributed by atoms with Crippen LogP contribution in [0.3, 0.4) is 0 Å². The summed E-state index contributed by atoms with van der Waals surface area (Å²) < 4.78 is 9.13. The summed E-state index contributed by atoms with van der Waals surface area (Å²) >= 11 is 1.00. The maximum Gasteiger partial charge on any atom is 0.357 e. The van der Waals surface area contributed by atoms with Crippen molar-refractivity contribution < 1.29 is 29.3 Å². The van der Waals surface area contributed by atoms with E-state index in [4.69, 9.17) is 4.74 Å². The van der Waals surface area contributed by atoms with Crippen LogP contribution >= 0.6 is 11.3 Å². The van der Waals surface area contributed by atoms with Crippen molar-refractivity contribution in [3.63, 3.8) is 0 Å². The topological polar surface area (TPSA) is 106 Å². The van der Waals surface area contributed by atoms with Gasteiger partial charge in [-0.05, 0) is 6.92 Å². The molecule has 2 unspecified atom stereocenters. The second kappa shape index (κ2) is 7.17. The molecule has 1 rings (SSSR count). The Hall–Kier alpha value is -1.51. The summed E-state index contributed by atoms with van der Waals surface area (Å²) in [5, 5.41) is 21.0. The van der Waals surface area contributed by atoms with Gasteiger partial charge in [0.1, 0.15) is 11.1 Å². The number of aliphatic hydroxyl groups excluding tert-OH is 2. The molecule has 1 heterocycles. The van der Waals surface area contributed by atoms with Crippen molar-refractivity contribution >= 4 is 23.3 Å². The largest absolute Gasteiger partial charge is 0.469 e. The van der Waals surface area contributed by atoms with Crippen LogP contribution in [0, 0.1) is 0 Å². The lowest BCUT2D eigenvalue weighted by Gasteiger charge is -2.14. The van der Waals surface area contributed by atoms with Crippen molar-refractivity contribution in [1.29, 1.82) is 0 Å². The van der Waals surface area contributed by atoms with Crippen LogP contribution in [0.25, 0.3) is 0 Å². The van der Waals surface area contributed by atoms with Crippen molar-refractivity contribution in [1.82, 2.24) is 4.98 Å². The molecule has 0 saturated heterocycles. The van der Waals surface area contributed by atoms with Gasteiger partial charge in [-0.1, -0.05) is 0 Å². The normalized spacial score (nSPS) is 13.7. The van der Waals surface area contributed by atoms with Crippen LogP contribution in [-0.4, -0.2) is 47.0 Å². The lowest BCUT2D eigenvalue weighted by atomic mass is 10.1. The maximum atomic E-state index is 11.4. The summed E-state index contributed by atoms with van der Waals surface area (Å²) in [7, 11) is 1.18. The lowest BCUT2D eigenvalue weighted by Crippen LogP contribution is -2.22. The first-order valence-corrected chi connectivity index (χ1v) is 6.43. The molecule has 0 amide bonds. The zero-order chi connectivity index (χ0) is 14.4. The highest BCUT2D eigenvalue weighted by Crippen LogP contribution is 2.23. The first-order chi connectivity index (χ1) is 8.99. The molecule has 2 atom stereocenters. The van der Waals surface area contributed by atoms with E-state index in [2.05, 4.69) is 9.72 Å². The van der Waals surface area contributed by atoms with Crippen LogP contribution in [0.4, 0.5) is 0 Å². The number of thiazole rings is 1. The number of aliphatic hydroxyl groups is 2. The summed E-state index contributed by atoms with van der Waals surface area (Å²) in [6.07, 6.45) is -3.05. The fourth-order valence-corrected chi connectivity index (χ4v) is 2.08. The van der Waals surface area contributed by atoms with Crippen molar-refractivity contribution in [2.24, 2.45) is 0 Å². The second-order valence-corrected chi connectivity index (χ2v) is 4.47. The average molecular weight is 289 g/mol. The first-order valence-electron chi connectivity index (χ1n) is 5.55. The van der Waals surface area contributed by atoms with Crippen LogP contribution < -0.4 is 0 Å². The molecule has 106 valence electrons. The van der Waals surface area contributed by atoms with E-state index in [0.717, 1.165) is 11.3 Å². The summed E-state index contributed by atoms with van der Waals surface area (Å²) in [6.45, 7) is 1.89. The van der Waals surface area contributed by atoms with E-state index < -0.39 is 24.1 Å². The molecule has 0 aromatic carbocycles. The van der Waals surface area contributed by atoms with Gasteiger partial charge < -0.3 is 19.7 Å². The number of ether oxygens (including phenoxy) is 2. The smallest absolute Gasteiger partial charge is 0.357 e. The van der Waals surface area contributed by atoms with Gasteiger partial charge in [0, 0.05) is 5.38 Å². The number of hydrogen-bond donors (Lipinski definition) is 2. The first kappa shape index (κ1) is 15.5. The SMILES string of the molecule is CCOC(=O)c1csc(C(O)C(O)CC(=O)OC)n1. The van der Waals surface area contributed by atoms with E-state index in [1.165, 1.54) is 12.5 Å². The quantitative estimate of drug-likeness (QED) is 0.724. The van der Waals surface area contributed by atoms with Gasteiger partial charge in [-0.3, -0.25) is 4.79 Å². The minimum Gasteiger partial charge on any atom is -0.469 e. The molecular formula is C11H15NO6S. The number of rotatable bonds is 6. The highest BCUT2D eigenvalue weighted by molar-refractivity contribution is 7.09. The van der Waals surface area contributed by atoms with E-state index >= 15 is 0 Å². The third kappa shape index (κ3) is 4.27. The molecular weight excluding hydrogens is 274 g/mol. The summed E-state index contributed by atoms with van der Waals surface area (Å²) in [5.74, 6) is -1.24. The van der Waals surface area contributed by atoms with Crippen LogP contribution in [0.15, 0.2) is 5.38 Å². The number of carbonyl (C=O) groups excluding carboxylic acids is 2. The Morgan fingerprint density at radius 1 is 1.47 bits per heavy atom. The standard InChI is InChI=1S/C11H15NO6S/c1-3-18-11(16)6-5-19-10(12-6)9(15)7(13)4-8(14)17-2/h5,7,9,13,15H,3-4H2,1-2H3. The predicted molar refractivity (Wildman–Crippen MR) is 65.7 cm³/mol. The van der Waals surface area contributed by atoms with Crippen molar-refractivity contribution in [3.8, 4) is 0 Å². The highest BCUT2D eigenvalue weighted by atomic mass is 32.1. The molecule has 2 N–H and O–H groups in total. The Kier molecular flexibility index (Phi) is 5.87. The van der Waals surface area contributed by atoms with Crippen molar-refractivity contribution in [2.75, 3.05) is 13.7 Å². The van der Waals surface area contributed by atoms with Gasteiger partial charge in [0.2, 0.25) is 0 Å². The minimum atomic E-state index is -1.35. The number of hydrogen-bond acceptors (Lipinski definition) is 8. The lowest BCUT2D eigenvalue weighted by molar-refractivity contribution is -0.144. The Bertz CT molecular complexity index is 446. The monoisotopic (exact) mass is 289 g/mol. The second-order valence-electron chi connectivity index (χ2n) is 3.58. The molecule has 8 heteroatoms. The number of nitrogens with zero attached hydrogens (tertiary/aromatic N) is 1. The number of carbonyl (C=O) groups is 2. The van der Waals surface area contributed by atoms with E-state index in [1.54, 1.807) is 6.92 Å². The summed E-state index contributed by atoms with van der Waals surface area (Å²) in [6, 6.07) is 0. The third-order valence-corrected chi connectivity index (χ3v) is 3.14. The number of methoxy groups -OCH3 is 1. The van der Waals surface area contributed by atoms with Crippen molar-refractivity contribution in [2.45, 2.75) is 25.6 Å². The molecule has 0 aliphatic carbocycles. The number of aromatic nitrogens is 1. The average Bonchev–Trinajstić information content (AvgIpc) is 2.87. The highest BCUT2D eigenvalue weighted by Gasteiger charge is 2.25. The summed E-state index contributed by atoms with van der Waals surface area (Å²) in [5.41, 5.74) is 0.0613. The van der Waals surface area contributed by atoms with Gasteiger partial charge in [0.05, 0.1) is 26.2 Å². The van der Waals surface area contributed by atoms with Gasteiger partial charge in [-0.2, -0.15) is 0 Å². The Morgan fingerprint density at radius 3 is 2.74 bits per heavy atom. The van der Waals surface area contributed by atoms with Crippen LogP contribution in [0.1, 0.15) is 34.9 Å².